The van der Waals surface area contributed by atoms with E-state index in [1.165, 1.54) is 13.1 Å². The summed E-state index contributed by atoms with van der Waals surface area (Å²) in [5.41, 5.74) is 0.207. The van der Waals surface area contributed by atoms with Crippen molar-refractivity contribution in [3.05, 3.63) is 16.4 Å². The van der Waals surface area contributed by atoms with Gasteiger partial charge in [0.2, 0.25) is 0 Å². The first-order valence-electron chi connectivity index (χ1n) is 3.75. The molecular formula is C7H8BrN3O3. The molecule has 1 aromatic heterocycles. The Morgan fingerprint density at radius 3 is 2.79 bits per heavy atom. The third-order valence-corrected chi connectivity index (χ3v) is 2.14. The number of amides is 1. The van der Waals surface area contributed by atoms with Gasteiger partial charge < -0.3 is 10.4 Å². The SMILES string of the molecule is CC(NC(=O)c1[nH]ncc1Br)C(=O)O. The number of hydrogen-bond acceptors (Lipinski definition) is 3. The molecule has 0 aliphatic carbocycles. The highest BCUT2D eigenvalue weighted by molar-refractivity contribution is 9.10. The number of carbonyl (C=O) groups is 2. The summed E-state index contributed by atoms with van der Waals surface area (Å²) in [5, 5.41) is 16.9. The number of rotatable bonds is 3. The van der Waals surface area contributed by atoms with E-state index in [0.29, 0.717) is 4.47 Å². The van der Waals surface area contributed by atoms with Crippen LogP contribution in [0.3, 0.4) is 0 Å². The van der Waals surface area contributed by atoms with Crippen LogP contribution in [-0.2, 0) is 4.79 Å². The molecule has 0 aliphatic heterocycles. The Kier molecular flexibility index (Phi) is 3.23. The highest BCUT2D eigenvalue weighted by atomic mass is 79.9. The molecule has 7 heteroatoms. The Hall–Kier alpha value is -1.37. The van der Waals surface area contributed by atoms with Gasteiger partial charge in [-0.15, -0.1) is 0 Å². The van der Waals surface area contributed by atoms with Crippen LogP contribution >= 0.6 is 15.9 Å². The zero-order valence-corrected chi connectivity index (χ0v) is 8.83. The van der Waals surface area contributed by atoms with Crippen LogP contribution in [0.1, 0.15) is 17.4 Å². The Balaban J connectivity index is 2.69. The van der Waals surface area contributed by atoms with Crippen molar-refractivity contribution < 1.29 is 14.7 Å². The number of nitrogens with zero attached hydrogens (tertiary/aromatic N) is 1. The third-order valence-electron chi connectivity index (χ3n) is 1.54. The molecule has 0 fully saturated rings. The maximum atomic E-state index is 11.4. The minimum Gasteiger partial charge on any atom is -0.480 e. The van der Waals surface area contributed by atoms with Crippen LogP contribution in [0.2, 0.25) is 0 Å². The van der Waals surface area contributed by atoms with Crippen LogP contribution in [0.4, 0.5) is 0 Å². The second-order valence-corrected chi connectivity index (χ2v) is 3.48. The van der Waals surface area contributed by atoms with Crippen molar-refractivity contribution in [2.75, 3.05) is 0 Å². The van der Waals surface area contributed by atoms with Crippen LogP contribution in [0.5, 0.6) is 0 Å². The number of aromatic amines is 1. The first-order chi connectivity index (χ1) is 6.52. The largest absolute Gasteiger partial charge is 0.480 e. The van der Waals surface area contributed by atoms with Crippen molar-refractivity contribution in [1.82, 2.24) is 15.5 Å². The second kappa shape index (κ2) is 4.23. The van der Waals surface area contributed by atoms with Gasteiger partial charge in [0, 0.05) is 0 Å². The summed E-state index contributed by atoms with van der Waals surface area (Å²) >= 11 is 3.09. The van der Waals surface area contributed by atoms with Crippen molar-refractivity contribution in [3.63, 3.8) is 0 Å². The summed E-state index contributed by atoms with van der Waals surface area (Å²) in [4.78, 5) is 21.8. The number of aromatic nitrogens is 2. The Morgan fingerprint density at radius 1 is 1.71 bits per heavy atom. The molecule has 1 aromatic rings. The second-order valence-electron chi connectivity index (χ2n) is 2.63. The van der Waals surface area contributed by atoms with Crippen molar-refractivity contribution in [3.8, 4) is 0 Å². The van der Waals surface area contributed by atoms with Gasteiger partial charge in [-0.2, -0.15) is 5.10 Å². The van der Waals surface area contributed by atoms with Gasteiger partial charge in [0.1, 0.15) is 11.7 Å². The van der Waals surface area contributed by atoms with Crippen molar-refractivity contribution in [2.24, 2.45) is 0 Å². The van der Waals surface area contributed by atoms with Gasteiger partial charge in [0.25, 0.3) is 5.91 Å². The van der Waals surface area contributed by atoms with Gasteiger partial charge in [-0.1, -0.05) is 0 Å². The van der Waals surface area contributed by atoms with Gasteiger partial charge in [-0.25, -0.2) is 0 Å². The molecule has 1 unspecified atom stereocenters. The number of carbonyl (C=O) groups excluding carboxylic acids is 1. The maximum absolute atomic E-state index is 11.4. The highest BCUT2D eigenvalue weighted by Crippen LogP contribution is 2.12. The van der Waals surface area contributed by atoms with E-state index in [1.54, 1.807) is 0 Å². The van der Waals surface area contributed by atoms with E-state index in [0.717, 1.165) is 0 Å². The van der Waals surface area contributed by atoms with Gasteiger partial charge in [-0.3, -0.25) is 14.7 Å². The lowest BCUT2D eigenvalue weighted by Crippen LogP contribution is -2.38. The molecule has 6 nitrogen and oxygen atoms in total. The van der Waals surface area contributed by atoms with E-state index in [-0.39, 0.29) is 5.69 Å². The van der Waals surface area contributed by atoms with E-state index < -0.39 is 17.9 Å². The van der Waals surface area contributed by atoms with Crippen molar-refractivity contribution in [1.29, 1.82) is 0 Å². The normalized spacial score (nSPS) is 12.1. The van der Waals surface area contributed by atoms with Crippen LogP contribution in [0, 0.1) is 0 Å². The zero-order chi connectivity index (χ0) is 10.7. The predicted molar refractivity (Wildman–Crippen MR) is 50.9 cm³/mol. The lowest BCUT2D eigenvalue weighted by molar-refractivity contribution is -0.138. The Bertz CT molecular complexity index is 363. The maximum Gasteiger partial charge on any atom is 0.325 e. The monoisotopic (exact) mass is 261 g/mol. The van der Waals surface area contributed by atoms with Crippen LogP contribution < -0.4 is 5.32 Å². The molecule has 1 amide bonds. The minimum absolute atomic E-state index is 0.207. The molecule has 1 heterocycles. The lowest BCUT2D eigenvalue weighted by Gasteiger charge is -2.07. The quantitative estimate of drug-likeness (QED) is 0.733. The van der Waals surface area contributed by atoms with Crippen LogP contribution in [0.25, 0.3) is 0 Å². The van der Waals surface area contributed by atoms with E-state index in [9.17, 15) is 9.59 Å². The van der Waals surface area contributed by atoms with Gasteiger partial charge >= 0.3 is 5.97 Å². The van der Waals surface area contributed by atoms with E-state index in [2.05, 4.69) is 31.4 Å². The average Bonchev–Trinajstić information content (AvgIpc) is 2.51. The summed E-state index contributed by atoms with van der Waals surface area (Å²) < 4.78 is 0.493. The zero-order valence-electron chi connectivity index (χ0n) is 7.24. The number of hydrogen-bond donors (Lipinski definition) is 3. The summed E-state index contributed by atoms with van der Waals surface area (Å²) in [6.45, 7) is 1.38. The number of H-pyrrole nitrogens is 1. The first kappa shape index (κ1) is 10.7. The Morgan fingerprint density at radius 2 is 2.36 bits per heavy atom. The van der Waals surface area contributed by atoms with Crippen LogP contribution in [0.15, 0.2) is 10.7 Å². The minimum atomic E-state index is -1.09. The molecule has 0 saturated heterocycles. The number of carboxylic acids is 1. The van der Waals surface area contributed by atoms with E-state index in [1.807, 2.05) is 0 Å². The smallest absolute Gasteiger partial charge is 0.325 e. The number of aliphatic carboxylic acids is 1. The molecule has 1 atom stereocenters. The third kappa shape index (κ3) is 2.32. The molecule has 0 radical (unpaired) electrons. The first-order valence-corrected chi connectivity index (χ1v) is 4.54. The van der Waals surface area contributed by atoms with Crippen molar-refractivity contribution in [2.45, 2.75) is 13.0 Å². The molecule has 76 valence electrons. The molecule has 0 aliphatic rings. The van der Waals surface area contributed by atoms with E-state index >= 15 is 0 Å². The van der Waals surface area contributed by atoms with E-state index in [4.69, 9.17) is 5.11 Å². The molecule has 0 saturated carbocycles. The molecule has 14 heavy (non-hydrogen) atoms. The number of carboxylic acid groups (broad SMARTS) is 1. The molecule has 0 aromatic carbocycles. The highest BCUT2D eigenvalue weighted by Gasteiger charge is 2.18. The fourth-order valence-electron chi connectivity index (χ4n) is 0.761. The molecule has 1 rings (SSSR count). The molecular weight excluding hydrogens is 254 g/mol. The van der Waals surface area contributed by atoms with Gasteiger partial charge in [0.05, 0.1) is 10.7 Å². The molecule has 3 N–H and O–H groups in total. The standard InChI is InChI=1S/C7H8BrN3O3/c1-3(7(13)14)10-6(12)5-4(8)2-9-11-5/h2-3H,1H3,(H,9,11)(H,10,12)(H,13,14). The molecule has 0 bridgehead atoms. The summed E-state index contributed by atoms with van der Waals surface area (Å²) in [5.74, 6) is -1.60. The fourth-order valence-corrected chi connectivity index (χ4v) is 1.13. The topological polar surface area (TPSA) is 95.1 Å². The number of halogens is 1. The lowest BCUT2D eigenvalue weighted by atomic mass is 10.3. The summed E-state index contributed by atoms with van der Waals surface area (Å²) in [6.07, 6.45) is 1.42. The fraction of sp³-hybridized carbons (Fsp3) is 0.286. The van der Waals surface area contributed by atoms with Gasteiger partial charge in [0.15, 0.2) is 0 Å². The van der Waals surface area contributed by atoms with Gasteiger partial charge in [-0.05, 0) is 22.9 Å². The molecule has 0 spiro atoms. The summed E-state index contributed by atoms with van der Waals surface area (Å²) in [6, 6.07) is -0.933. The van der Waals surface area contributed by atoms with Crippen molar-refractivity contribution >= 4 is 27.8 Å². The van der Waals surface area contributed by atoms with Crippen LogP contribution in [-0.4, -0.2) is 33.2 Å². The Labute approximate surface area is 87.8 Å². The predicted octanol–water partition coefficient (Wildman–Crippen LogP) is 0.375. The average molecular weight is 262 g/mol. The summed E-state index contributed by atoms with van der Waals surface area (Å²) in [7, 11) is 0. The number of nitrogens with one attached hydrogen (secondary N) is 2.